The molecule has 0 bridgehead atoms. The zero-order valence-electron chi connectivity index (χ0n) is 27.0. The second-order valence-electron chi connectivity index (χ2n) is 16.0. The Morgan fingerprint density at radius 2 is 0.846 bits per heavy atom. The van der Waals surface area contributed by atoms with Crippen LogP contribution in [0.2, 0.25) is 0 Å². The van der Waals surface area contributed by atoms with Gasteiger partial charge in [0.05, 0.1) is 0 Å². The lowest BCUT2D eigenvalue weighted by molar-refractivity contribution is 0.243. The Balaban J connectivity index is 1.83. The number of nitrogens with zero attached hydrogens (tertiary/aromatic N) is 2. The van der Waals surface area contributed by atoms with Crippen LogP contribution in [-0.4, -0.2) is 46.2 Å². The summed E-state index contributed by atoms with van der Waals surface area (Å²) < 4.78 is 0. The third kappa shape index (κ3) is 7.79. The van der Waals surface area contributed by atoms with E-state index in [1.54, 1.807) is 0 Å². The minimum atomic E-state index is -0.120. The average Bonchev–Trinajstić information content (AvgIpc) is 2.98. The molecule has 1 aliphatic rings. The molecule has 2 aromatic carbocycles. The first-order chi connectivity index (χ1) is 17.7. The van der Waals surface area contributed by atoms with Gasteiger partial charge in [0, 0.05) is 37.3 Å². The van der Waals surface area contributed by atoms with Crippen LogP contribution in [0.25, 0.3) is 0 Å². The fourth-order valence-electron chi connectivity index (χ4n) is 5.46. The molecule has 3 rings (SSSR count). The smallest absolute Gasteiger partial charge is 0.123 e. The summed E-state index contributed by atoms with van der Waals surface area (Å²) in [5.74, 6) is 0.908. The van der Waals surface area contributed by atoms with Crippen LogP contribution in [0.3, 0.4) is 0 Å². The molecule has 1 saturated heterocycles. The monoisotopic (exact) mass is 536 g/mol. The van der Waals surface area contributed by atoms with E-state index in [2.05, 4.69) is 117 Å². The maximum atomic E-state index is 11.3. The van der Waals surface area contributed by atoms with E-state index in [-0.39, 0.29) is 21.7 Å². The molecule has 1 heterocycles. The van der Waals surface area contributed by atoms with Crippen LogP contribution < -0.4 is 0 Å². The fraction of sp³-hybridized carbons (Fsp3) is 0.657. The van der Waals surface area contributed by atoms with E-state index >= 15 is 0 Å². The van der Waals surface area contributed by atoms with Crippen LogP contribution in [0.5, 0.6) is 11.5 Å². The van der Waals surface area contributed by atoms with Gasteiger partial charge in [0.15, 0.2) is 0 Å². The number of rotatable bonds is 4. The lowest BCUT2D eigenvalue weighted by Crippen LogP contribution is -2.31. The first-order valence-corrected chi connectivity index (χ1v) is 14.9. The largest absolute Gasteiger partial charge is 0.507 e. The number of aromatic hydroxyl groups is 2. The number of benzene rings is 2. The van der Waals surface area contributed by atoms with E-state index in [1.807, 2.05) is 0 Å². The van der Waals surface area contributed by atoms with E-state index < -0.39 is 0 Å². The third-order valence-electron chi connectivity index (χ3n) is 8.19. The number of hydrogen-bond donors (Lipinski definition) is 2. The first-order valence-electron chi connectivity index (χ1n) is 14.9. The second kappa shape index (κ2) is 11.1. The fourth-order valence-corrected chi connectivity index (χ4v) is 5.46. The molecule has 2 N–H and O–H groups in total. The van der Waals surface area contributed by atoms with Crippen molar-refractivity contribution in [3.63, 3.8) is 0 Å². The SMILES string of the molecule is CC(C)(C)c1cc(CN2CCCN(Cc3cc(C(C)(C)C)cc(C(C)(C)C)c3O)CC2)c(O)c(C(C)(C)C)c1. The van der Waals surface area contributed by atoms with Gasteiger partial charge in [0.2, 0.25) is 0 Å². The van der Waals surface area contributed by atoms with Crippen LogP contribution >= 0.6 is 0 Å². The quantitative estimate of drug-likeness (QED) is 0.416. The van der Waals surface area contributed by atoms with Gasteiger partial charge in [-0.3, -0.25) is 9.80 Å². The molecular formula is C35H56N2O2. The molecule has 2 aromatic rings. The highest BCUT2D eigenvalue weighted by Crippen LogP contribution is 2.40. The van der Waals surface area contributed by atoms with Crippen molar-refractivity contribution in [3.8, 4) is 11.5 Å². The Hall–Kier alpha value is -2.04. The Morgan fingerprint density at radius 3 is 1.13 bits per heavy atom. The molecule has 0 atom stereocenters. The molecule has 0 saturated carbocycles. The summed E-state index contributed by atoms with van der Waals surface area (Å²) in [6, 6.07) is 8.84. The van der Waals surface area contributed by atoms with Crippen molar-refractivity contribution in [1.82, 2.24) is 9.80 Å². The predicted molar refractivity (Wildman–Crippen MR) is 166 cm³/mol. The van der Waals surface area contributed by atoms with Crippen LogP contribution in [0.15, 0.2) is 24.3 Å². The van der Waals surface area contributed by atoms with Gasteiger partial charge in [-0.25, -0.2) is 0 Å². The number of phenols is 2. The molecule has 0 amide bonds. The van der Waals surface area contributed by atoms with E-state index in [0.29, 0.717) is 11.5 Å². The highest BCUT2D eigenvalue weighted by molar-refractivity contribution is 5.50. The Bertz CT molecular complexity index is 1060. The van der Waals surface area contributed by atoms with Gasteiger partial charge in [-0.2, -0.15) is 0 Å². The van der Waals surface area contributed by atoms with Crippen molar-refractivity contribution in [1.29, 1.82) is 0 Å². The van der Waals surface area contributed by atoms with Gasteiger partial charge in [-0.1, -0.05) is 107 Å². The van der Waals surface area contributed by atoms with Crippen molar-refractivity contribution in [2.45, 2.75) is 124 Å². The van der Waals surface area contributed by atoms with Gasteiger partial charge >= 0.3 is 0 Å². The van der Waals surface area contributed by atoms with Gasteiger partial charge in [-0.05, 0) is 63.4 Å². The summed E-state index contributed by atoms with van der Waals surface area (Å²) >= 11 is 0. The Morgan fingerprint density at radius 1 is 0.513 bits per heavy atom. The lowest BCUT2D eigenvalue weighted by atomic mass is 9.79. The van der Waals surface area contributed by atoms with Gasteiger partial charge in [0.1, 0.15) is 11.5 Å². The molecule has 0 unspecified atom stereocenters. The molecule has 0 spiro atoms. The molecular weight excluding hydrogens is 480 g/mol. The standard InChI is InChI=1S/C35H56N2O2/c1-32(2,3)26-18-24(30(38)28(20-26)34(7,8)9)22-36-14-13-15-37(17-16-36)23-25-19-27(33(4,5)6)21-29(31(25)39)35(10,11)12/h18-21,38-39H,13-17,22-23H2,1-12H3. The van der Waals surface area contributed by atoms with Crippen LogP contribution in [0.1, 0.15) is 123 Å². The maximum absolute atomic E-state index is 11.3. The van der Waals surface area contributed by atoms with Crippen LogP contribution in [0.4, 0.5) is 0 Å². The predicted octanol–water partition coefficient (Wildman–Crippen LogP) is 8.00. The highest BCUT2D eigenvalue weighted by atomic mass is 16.3. The normalized spacial score (nSPS) is 16.9. The summed E-state index contributed by atoms with van der Waals surface area (Å²) in [6.07, 6.45) is 1.07. The molecule has 0 radical (unpaired) electrons. The van der Waals surface area contributed by atoms with Crippen molar-refractivity contribution in [2.75, 3.05) is 26.2 Å². The second-order valence-corrected chi connectivity index (χ2v) is 16.0. The van der Waals surface area contributed by atoms with Crippen LogP contribution in [-0.2, 0) is 34.7 Å². The molecule has 0 aromatic heterocycles. The summed E-state index contributed by atoms with van der Waals surface area (Å²) in [5, 5.41) is 22.6. The zero-order valence-corrected chi connectivity index (χ0v) is 27.0. The van der Waals surface area contributed by atoms with Crippen molar-refractivity contribution in [2.24, 2.45) is 0 Å². The zero-order chi connectivity index (χ0) is 29.6. The Labute approximate surface area is 239 Å². The summed E-state index contributed by atoms with van der Waals surface area (Å²) in [7, 11) is 0. The average molecular weight is 537 g/mol. The minimum Gasteiger partial charge on any atom is -0.507 e. The van der Waals surface area contributed by atoms with Crippen molar-refractivity contribution < 1.29 is 10.2 Å². The summed E-state index contributed by atoms with van der Waals surface area (Å²) in [5.41, 5.74) is 6.49. The van der Waals surface area contributed by atoms with Gasteiger partial charge in [0.25, 0.3) is 0 Å². The number of phenolic OH excluding ortho intramolecular Hbond substituents is 2. The molecule has 39 heavy (non-hydrogen) atoms. The topological polar surface area (TPSA) is 46.9 Å². The maximum Gasteiger partial charge on any atom is 0.123 e. The molecule has 4 heteroatoms. The molecule has 1 aliphatic heterocycles. The third-order valence-corrected chi connectivity index (χ3v) is 8.19. The molecule has 1 fully saturated rings. The van der Waals surface area contributed by atoms with Crippen LogP contribution in [0, 0.1) is 0 Å². The van der Waals surface area contributed by atoms with Crippen molar-refractivity contribution >= 4 is 0 Å². The summed E-state index contributed by atoms with van der Waals surface area (Å²) in [4.78, 5) is 4.97. The number of hydrogen-bond acceptors (Lipinski definition) is 4. The lowest BCUT2D eigenvalue weighted by Gasteiger charge is -2.30. The molecule has 0 aliphatic carbocycles. The molecule has 218 valence electrons. The van der Waals surface area contributed by atoms with Gasteiger partial charge in [-0.15, -0.1) is 0 Å². The Kier molecular flexibility index (Phi) is 8.95. The first kappa shape index (κ1) is 31.5. The van der Waals surface area contributed by atoms with Gasteiger partial charge < -0.3 is 10.2 Å². The molecule has 4 nitrogen and oxygen atoms in total. The van der Waals surface area contributed by atoms with E-state index in [1.165, 1.54) is 11.1 Å². The highest BCUT2D eigenvalue weighted by Gasteiger charge is 2.28. The van der Waals surface area contributed by atoms with E-state index in [4.69, 9.17) is 0 Å². The van der Waals surface area contributed by atoms with E-state index in [0.717, 1.165) is 67.9 Å². The summed E-state index contributed by atoms with van der Waals surface area (Å²) in [6.45, 7) is 31.9. The van der Waals surface area contributed by atoms with E-state index in [9.17, 15) is 10.2 Å². The minimum absolute atomic E-state index is 0.0214. The van der Waals surface area contributed by atoms with Crippen molar-refractivity contribution in [3.05, 3.63) is 57.6 Å².